The summed E-state index contributed by atoms with van der Waals surface area (Å²) in [6, 6.07) is -0.0872. The molecule has 1 fully saturated rings. The van der Waals surface area contributed by atoms with E-state index >= 15 is 0 Å². The van der Waals surface area contributed by atoms with E-state index in [-0.39, 0.29) is 11.9 Å². The van der Waals surface area contributed by atoms with Gasteiger partial charge in [0.1, 0.15) is 9.88 Å². The Bertz CT molecular complexity index is 692. The maximum atomic E-state index is 12.5. The van der Waals surface area contributed by atoms with Gasteiger partial charge in [-0.15, -0.1) is 11.3 Å². The van der Waals surface area contributed by atoms with Gasteiger partial charge in [-0.3, -0.25) is 14.3 Å². The van der Waals surface area contributed by atoms with Gasteiger partial charge in [0.2, 0.25) is 0 Å². The van der Waals surface area contributed by atoms with Gasteiger partial charge < -0.3 is 10.6 Å². The Morgan fingerprint density at radius 1 is 1.43 bits per heavy atom. The molecule has 0 aromatic carbocycles. The molecule has 21 heavy (non-hydrogen) atoms. The molecule has 110 valence electrons. The smallest absolute Gasteiger partial charge is 0.260 e. The van der Waals surface area contributed by atoms with Gasteiger partial charge in [0.25, 0.3) is 11.8 Å². The number of primary amides is 1. The van der Waals surface area contributed by atoms with E-state index in [4.69, 9.17) is 5.73 Å². The summed E-state index contributed by atoms with van der Waals surface area (Å²) in [4.78, 5) is 30.2. The van der Waals surface area contributed by atoms with E-state index in [1.165, 1.54) is 17.5 Å². The third-order valence-electron chi connectivity index (χ3n) is 3.52. The van der Waals surface area contributed by atoms with Gasteiger partial charge in [0, 0.05) is 19.8 Å². The highest BCUT2D eigenvalue weighted by Crippen LogP contribution is 2.35. The number of rotatable bonds is 3. The molecule has 8 heteroatoms. The van der Waals surface area contributed by atoms with Gasteiger partial charge in [-0.05, 0) is 12.8 Å². The fraction of sp³-hybridized carbons (Fsp3) is 0.385. The summed E-state index contributed by atoms with van der Waals surface area (Å²) >= 11 is 1.26. The highest BCUT2D eigenvalue weighted by Gasteiger charge is 2.33. The first kappa shape index (κ1) is 13.7. The fourth-order valence-electron chi connectivity index (χ4n) is 2.52. The molecule has 0 radical (unpaired) electrons. The quantitative estimate of drug-likeness (QED) is 0.913. The second-order valence-electron chi connectivity index (χ2n) is 4.99. The zero-order valence-electron chi connectivity index (χ0n) is 11.5. The van der Waals surface area contributed by atoms with Crippen molar-refractivity contribution >= 4 is 23.2 Å². The first-order valence-electron chi connectivity index (χ1n) is 6.61. The maximum absolute atomic E-state index is 12.5. The molecular formula is C13H15N5O2S. The van der Waals surface area contributed by atoms with Crippen molar-refractivity contribution < 1.29 is 9.59 Å². The van der Waals surface area contributed by atoms with Gasteiger partial charge >= 0.3 is 0 Å². The number of aromatic nitrogens is 3. The molecule has 1 aliphatic rings. The van der Waals surface area contributed by atoms with Crippen LogP contribution < -0.4 is 5.73 Å². The largest absolute Gasteiger partial charge is 0.365 e. The van der Waals surface area contributed by atoms with Crippen molar-refractivity contribution in [2.75, 3.05) is 6.54 Å². The maximum Gasteiger partial charge on any atom is 0.260 e. The summed E-state index contributed by atoms with van der Waals surface area (Å²) in [6.45, 7) is 0.684. The van der Waals surface area contributed by atoms with E-state index in [1.54, 1.807) is 29.0 Å². The Labute approximate surface area is 125 Å². The summed E-state index contributed by atoms with van der Waals surface area (Å²) in [5.74, 6) is -0.539. The first-order valence-corrected chi connectivity index (χ1v) is 7.43. The first-order chi connectivity index (χ1) is 10.1. The minimum Gasteiger partial charge on any atom is -0.365 e. The molecule has 1 saturated heterocycles. The van der Waals surface area contributed by atoms with E-state index in [9.17, 15) is 9.59 Å². The molecule has 2 N–H and O–H groups in total. The zero-order valence-corrected chi connectivity index (χ0v) is 12.3. The summed E-state index contributed by atoms with van der Waals surface area (Å²) in [6.07, 6.45) is 6.51. The molecular weight excluding hydrogens is 290 g/mol. The fourth-order valence-corrected chi connectivity index (χ4v) is 3.44. The molecule has 0 aliphatic carbocycles. The van der Waals surface area contributed by atoms with E-state index in [0.717, 1.165) is 17.8 Å². The SMILES string of the molecule is Cn1cc(C(=O)N2CCCC2c2ncc(C(N)=O)s2)cn1. The van der Waals surface area contributed by atoms with E-state index in [0.29, 0.717) is 17.0 Å². The van der Waals surface area contributed by atoms with Crippen molar-refractivity contribution in [1.29, 1.82) is 0 Å². The lowest BCUT2D eigenvalue weighted by Gasteiger charge is -2.22. The number of hydrogen-bond acceptors (Lipinski definition) is 5. The van der Waals surface area contributed by atoms with Crippen LogP contribution >= 0.6 is 11.3 Å². The van der Waals surface area contributed by atoms with Gasteiger partial charge in [-0.25, -0.2) is 4.98 Å². The standard InChI is InChI=1S/C13H15N5O2S/c1-17-7-8(5-16-17)13(20)18-4-2-3-9(18)12-15-6-10(21-12)11(14)19/h5-7,9H,2-4H2,1H3,(H2,14,19). The minimum atomic E-state index is -0.484. The number of amides is 2. The summed E-state index contributed by atoms with van der Waals surface area (Å²) in [5.41, 5.74) is 5.82. The average molecular weight is 305 g/mol. The predicted molar refractivity (Wildman–Crippen MR) is 76.9 cm³/mol. The van der Waals surface area contributed by atoms with Crippen molar-refractivity contribution in [3.63, 3.8) is 0 Å². The van der Waals surface area contributed by atoms with Crippen LogP contribution in [0.25, 0.3) is 0 Å². The number of carbonyl (C=O) groups is 2. The molecule has 0 spiro atoms. The molecule has 0 bridgehead atoms. The van der Waals surface area contributed by atoms with Crippen molar-refractivity contribution in [2.45, 2.75) is 18.9 Å². The van der Waals surface area contributed by atoms with Gasteiger partial charge in [-0.1, -0.05) is 0 Å². The number of thiazole rings is 1. The third-order valence-corrected chi connectivity index (χ3v) is 4.63. The van der Waals surface area contributed by atoms with Crippen molar-refractivity contribution in [2.24, 2.45) is 12.8 Å². The molecule has 1 unspecified atom stereocenters. The van der Waals surface area contributed by atoms with Crippen LogP contribution in [0, 0.1) is 0 Å². The van der Waals surface area contributed by atoms with Crippen LogP contribution in [0.5, 0.6) is 0 Å². The topological polar surface area (TPSA) is 94.1 Å². The second kappa shape index (κ2) is 5.28. The molecule has 3 heterocycles. The van der Waals surface area contributed by atoms with Crippen LogP contribution in [0.3, 0.4) is 0 Å². The van der Waals surface area contributed by atoms with Crippen molar-refractivity contribution in [3.05, 3.63) is 34.0 Å². The van der Waals surface area contributed by atoms with E-state index in [2.05, 4.69) is 10.1 Å². The van der Waals surface area contributed by atoms with Crippen LogP contribution in [-0.4, -0.2) is 38.0 Å². The van der Waals surface area contributed by atoms with Gasteiger partial charge in [0.05, 0.1) is 24.0 Å². The Balaban J connectivity index is 1.84. The monoisotopic (exact) mass is 305 g/mol. The highest BCUT2D eigenvalue weighted by molar-refractivity contribution is 7.13. The summed E-state index contributed by atoms with van der Waals surface area (Å²) in [5, 5.41) is 4.79. The number of hydrogen-bond donors (Lipinski definition) is 1. The zero-order chi connectivity index (χ0) is 15.0. The van der Waals surface area contributed by atoms with Crippen LogP contribution in [0.4, 0.5) is 0 Å². The number of likely N-dealkylation sites (tertiary alicyclic amines) is 1. The molecule has 2 amide bonds. The molecule has 2 aromatic rings. The lowest BCUT2D eigenvalue weighted by molar-refractivity contribution is 0.0735. The Hall–Kier alpha value is -2.22. The molecule has 1 atom stereocenters. The molecule has 7 nitrogen and oxygen atoms in total. The normalized spacial score (nSPS) is 18.1. The Morgan fingerprint density at radius 3 is 2.86 bits per heavy atom. The minimum absolute atomic E-state index is 0.0542. The number of carbonyl (C=O) groups excluding carboxylic acids is 2. The molecule has 2 aromatic heterocycles. The van der Waals surface area contributed by atoms with Gasteiger partial charge in [0.15, 0.2) is 0 Å². The number of nitrogens with zero attached hydrogens (tertiary/aromatic N) is 4. The predicted octanol–water partition coefficient (Wildman–Crippen LogP) is 0.953. The summed E-state index contributed by atoms with van der Waals surface area (Å²) < 4.78 is 1.60. The highest BCUT2D eigenvalue weighted by atomic mass is 32.1. The third kappa shape index (κ3) is 2.54. The lowest BCUT2D eigenvalue weighted by Crippen LogP contribution is -2.30. The van der Waals surface area contributed by atoms with Gasteiger partial charge in [-0.2, -0.15) is 5.10 Å². The van der Waals surface area contributed by atoms with E-state index < -0.39 is 5.91 Å². The Morgan fingerprint density at radius 2 is 2.24 bits per heavy atom. The van der Waals surface area contributed by atoms with Crippen LogP contribution in [0.2, 0.25) is 0 Å². The van der Waals surface area contributed by atoms with E-state index in [1.807, 2.05) is 0 Å². The van der Waals surface area contributed by atoms with Crippen molar-refractivity contribution in [3.8, 4) is 0 Å². The van der Waals surface area contributed by atoms with Crippen LogP contribution in [-0.2, 0) is 7.05 Å². The second-order valence-corrected chi connectivity index (χ2v) is 6.05. The molecule has 1 aliphatic heterocycles. The number of aryl methyl sites for hydroxylation is 1. The molecule has 0 saturated carbocycles. The Kier molecular flexibility index (Phi) is 3.46. The number of nitrogens with two attached hydrogens (primary N) is 1. The van der Waals surface area contributed by atoms with Crippen LogP contribution in [0.15, 0.2) is 18.6 Å². The lowest BCUT2D eigenvalue weighted by atomic mass is 10.2. The molecule has 3 rings (SSSR count). The summed E-state index contributed by atoms with van der Waals surface area (Å²) in [7, 11) is 1.78. The van der Waals surface area contributed by atoms with Crippen LogP contribution in [0.1, 0.15) is 43.9 Å². The van der Waals surface area contributed by atoms with Crippen molar-refractivity contribution in [1.82, 2.24) is 19.7 Å². The average Bonchev–Trinajstić information content (AvgIpc) is 3.17.